The Bertz CT molecular complexity index is 2070. The molecule has 0 saturated heterocycles. The first-order valence-electron chi connectivity index (χ1n) is 15.3. The minimum atomic E-state index is -0.920. The van der Waals surface area contributed by atoms with Gasteiger partial charge in [0.25, 0.3) is 0 Å². The van der Waals surface area contributed by atoms with E-state index in [9.17, 15) is 0 Å². The van der Waals surface area contributed by atoms with E-state index in [0.29, 0.717) is 6.42 Å². The maximum Gasteiger partial charge on any atom is 0.242 e. The average Bonchev–Trinajstić information content (AvgIpc) is 3.41. The summed E-state index contributed by atoms with van der Waals surface area (Å²) in [5, 5.41) is 6.97. The van der Waals surface area contributed by atoms with Crippen LogP contribution in [-0.4, -0.2) is 17.9 Å². The quantitative estimate of drug-likeness (QED) is 0.181. The number of ether oxygens (including phenoxy) is 1. The van der Waals surface area contributed by atoms with Crippen molar-refractivity contribution in [3.8, 4) is 5.75 Å². The molecule has 0 radical (unpaired) electrons. The lowest BCUT2D eigenvalue weighted by molar-refractivity contribution is -0.0284. The van der Waals surface area contributed by atoms with Crippen LogP contribution in [0.2, 0.25) is 0 Å². The molecule has 0 spiro atoms. The highest BCUT2D eigenvalue weighted by Gasteiger charge is 2.53. The molecule has 2 unspecified atom stereocenters. The Kier molecular flexibility index (Phi) is 7.43. The second-order valence-corrected chi connectivity index (χ2v) is 13.8. The Morgan fingerprint density at radius 3 is 2.39 bits per heavy atom. The van der Waals surface area contributed by atoms with Crippen molar-refractivity contribution in [3.05, 3.63) is 156 Å². The van der Waals surface area contributed by atoms with Gasteiger partial charge in [-0.2, -0.15) is 0 Å². The van der Waals surface area contributed by atoms with E-state index >= 15 is 0 Å². The third kappa shape index (κ3) is 5.10. The summed E-state index contributed by atoms with van der Waals surface area (Å²) in [5.41, 5.74) is 5.51. The largest absolute Gasteiger partial charge is 0.497 e. The van der Waals surface area contributed by atoms with Crippen LogP contribution in [-0.2, 0) is 10.6 Å². The zero-order chi connectivity index (χ0) is 31.1. The number of amidine groups is 1. The molecule has 0 N–H and O–H groups in total. The number of aromatic nitrogens is 1. The van der Waals surface area contributed by atoms with Gasteiger partial charge in [0.1, 0.15) is 10.8 Å². The minimum absolute atomic E-state index is 0.0101. The van der Waals surface area contributed by atoms with Gasteiger partial charge in [-0.05, 0) is 73.2 Å². The van der Waals surface area contributed by atoms with Crippen LogP contribution in [0.25, 0.3) is 10.9 Å². The first-order valence-corrected chi connectivity index (χ1v) is 17.0. The molecule has 3 heterocycles. The predicted octanol–water partition coefficient (Wildman–Crippen LogP) is 9.99. The van der Waals surface area contributed by atoms with Gasteiger partial charge in [0.05, 0.1) is 18.3 Å². The maximum atomic E-state index is 6.77. The number of rotatable bonds is 6. The van der Waals surface area contributed by atoms with E-state index in [-0.39, 0.29) is 5.25 Å². The standard InChI is InChI=1S/C39H31N3O2S2/c1-26-16-18-27(19-17-26)37-41-44-39(29-20-22-30(43-2)23-21-29)25-36(46-35-15-9-8-14-34(35)42(37)39)32-24-28-10-6-7-13-33(28)40-38(32)45-31-11-4-3-5-12-31/h3-24,36H,25H2,1-2H3. The molecule has 5 aromatic carbocycles. The molecule has 0 amide bonds. The molecule has 2 aliphatic rings. The predicted molar refractivity (Wildman–Crippen MR) is 188 cm³/mol. The average molecular weight is 638 g/mol. The first kappa shape index (κ1) is 28.7. The van der Waals surface area contributed by atoms with Crippen molar-refractivity contribution in [1.29, 1.82) is 0 Å². The molecular formula is C39H31N3O2S2. The summed E-state index contributed by atoms with van der Waals surface area (Å²) in [5.74, 6) is 1.59. The maximum absolute atomic E-state index is 6.77. The fraction of sp³-hybridized carbons (Fsp3) is 0.128. The number of fused-ring (bicyclic) bond motifs is 4. The summed E-state index contributed by atoms with van der Waals surface area (Å²) in [7, 11) is 1.69. The van der Waals surface area contributed by atoms with Gasteiger partial charge in [-0.25, -0.2) is 4.98 Å². The number of thioether (sulfide) groups is 1. The number of methoxy groups -OCH3 is 1. The van der Waals surface area contributed by atoms with E-state index in [1.54, 1.807) is 18.9 Å². The summed E-state index contributed by atoms with van der Waals surface area (Å²) in [6, 6.07) is 46.5. The number of oxime groups is 1. The molecule has 0 aliphatic carbocycles. The van der Waals surface area contributed by atoms with Gasteiger partial charge in [-0.15, -0.1) is 11.8 Å². The van der Waals surface area contributed by atoms with Crippen LogP contribution >= 0.6 is 23.5 Å². The summed E-state index contributed by atoms with van der Waals surface area (Å²) in [4.78, 5) is 16.6. The van der Waals surface area contributed by atoms with Crippen LogP contribution in [0, 0.1) is 6.92 Å². The second kappa shape index (κ2) is 11.9. The number of benzene rings is 5. The number of hydrogen-bond donors (Lipinski definition) is 0. The molecule has 2 aliphatic heterocycles. The number of pyridine rings is 1. The van der Waals surface area contributed by atoms with Gasteiger partial charge < -0.3 is 9.57 Å². The summed E-state index contributed by atoms with van der Waals surface area (Å²) in [6.45, 7) is 2.10. The molecule has 2 atom stereocenters. The van der Waals surface area contributed by atoms with E-state index in [0.717, 1.165) is 54.1 Å². The molecule has 46 heavy (non-hydrogen) atoms. The van der Waals surface area contributed by atoms with Gasteiger partial charge in [0.2, 0.25) is 5.72 Å². The number of nitrogens with zero attached hydrogens (tertiary/aromatic N) is 3. The summed E-state index contributed by atoms with van der Waals surface area (Å²) >= 11 is 3.58. The molecule has 0 fully saturated rings. The molecule has 0 saturated carbocycles. The van der Waals surface area contributed by atoms with Crippen molar-refractivity contribution in [2.45, 2.75) is 39.1 Å². The van der Waals surface area contributed by atoms with Gasteiger partial charge >= 0.3 is 0 Å². The number of anilines is 1. The number of hydrogen-bond acceptors (Lipinski definition) is 7. The topological polar surface area (TPSA) is 47.0 Å². The molecule has 1 aromatic heterocycles. The Morgan fingerprint density at radius 2 is 1.59 bits per heavy atom. The number of aryl methyl sites for hydroxylation is 1. The highest BCUT2D eigenvalue weighted by Crippen LogP contribution is 2.57. The van der Waals surface area contributed by atoms with Crippen LogP contribution < -0.4 is 9.64 Å². The van der Waals surface area contributed by atoms with Gasteiger partial charge in [-0.3, -0.25) is 4.90 Å². The lowest BCUT2D eigenvalue weighted by atomic mass is 9.91. The molecule has 0 bridgehead atoms. The fourth-order valence-corrected chi connectivity index (χ4v) is 8.65. The van der Waals surface area contributed by atoms with E-state index in [1.807, 2.05) is 30.0 Å². The lowest BCUT2D eigenvalue weighted by Crippen LogP contribution is -2.47. The number of para-hydroxylation sites is 2. The van der Waals surface area contributed by atoms with Crippen molar-refractivity contribution in [3.63, 3.8) is 0 Å². The smallest absolute Gasteiger partial charge is 0.242 e. The van der Waals surface area contributed by atoms with Crippen molar-refractivity contribution < 1.29 is 9.57 Å². The molecule has 6 aromatic rings. The molecule has 5 nitrogen and oxygen atoms in total. The van der Waals surface area contributed by atoms with Crippen LogP contribution in [0.5, 0.6) is 5.75 Å². The SMILES string of the molecule is COc1ccc(C23CC(c4cc5ccccc5nc4Sc4ccccc4)Sc4ccccc4N2C(c2ccc(C)cc2)=NO3)cc1. The lowest BCUT2D eigenvalue weighted by Gasteiger charge is -2.38. The zero-order valence-electron chi connectivity index (χ0n) is 25.5. The molecule has 8 rings (SSSR count). The van der Waals surface area contributed by atoms with E-state index in [2.05, 4.69) is 127 Å². The second-order valence-electron chi connectivity index (χ2n) is 11.5. The van der Waals surface area contributed by atoms with Crippen molar-refractivity contribution in [2.24, 2.45) is 5.16 Å². The molecular weight excluding hydrogens is 607 g/mol. The summed E-state index contributed by atoms with van der Waals surface area (Å²) in [6.07, 6.45) is 0.625. The Hall–Kier alpha value is -4.72. The zero-order valence-corrected chi connectivity index (χ0v) is 27.1. The van der Waals surface area contributed by atoms with Crippen molar-refractivity contribution >= 4 is 45.9 Å². The fourth-order valence-electron chi connectivity index (χ4n) is 6.23. The van der Waals surface area contributed by atoms with E-state index < -0.39 is 5.72 Å². The normalized spacial score (nSPS) is 18.7. The third-order valence-corrected chi connectivity index (χ3v) is 10.9. The minimum Gasteiger partial charge on any atom is -0.497 e. The van der Waals surface area contributed by atoms with Crippen LogP contribution in [0.15, 0.2) is 153 Å². The van der Waals surface area contributed by atoms with Crippen LogP contribution in [0.1, 0.15) is 33.9 Å². The Balaban J connectivity index is 1.33. The highest BCUT2D eigenvalue weighted by atomic mass is 32.2. The monoisotopic (exact) mass is 637 g/mol. The molecule has 226 valence electrons. The van der Waals surface area contributed by atoms with E-state index in [1.165, 1.54) is 11.1 Å². The Morgan fingerprint density at radius 1 is 0.848 bits per heavy atom. The van der Waals surface area contributed by atoms with Gasteiger partial charge in [-0.1, -0.05) is 95.3 Å². The van der Waals surface area contributed by atoms with Crippen molar-refractivity contribution in [1.82, 2.24) is 4.98 Å². The molecule has 7 heteroatoms. The van der Waals surface area contributed by atoms with E-state index in [4.69, 9.17) is 19.7 Å². The third-order valence-electron chi connectivity index (χ3n) is 8.57. The highest BCUT2D eigenvalue weighted by molar-refractivity contribution is 8.00. The van der Waals surface area contributed by atoms with Gasteiger partial charge in [0.15, 0.2) is 5.84 Å². The Labute approximate surface area is 277 Å². The van der Waals surface area contributed by atoms with Crippen molar-refractivity contribution in [2.75, 3.05) is 12.0 Å². The first-order chi connectivity index (χ1) is 22.6. The van der Waals surface area contributed by atoms with Crippen LogP contribution in [0.3, 0.4) is 0 Å². The van der Waals surface area contributed by atoms with Crippen LogP contribution in [0.4, 0.5) is 5.69 Å². The van der Waals surface area contributed by atoms with Gasteiger partial charge in [0, 0.05) is 38.0 Å². The summed E-state index contributed by atoms with van der Waals surface area (Å²) < 4.78 is 5.55.